The maximum absolute atomic E-state index is 11.7. The molecule has 0 atom stereocenters. The number of hydrogen-bond acceptors (Lipinski definition) is 5. The number of phenols is 4. The van der Waals surface area contributed by atoms with E-state index in [0.29, 0.717) is 11.1 Å². The third-order valence-corrected chi connectivity index (χ3v) is 2.91. The van der Waals surface area contributed by atoms with Gasteiger partial charge in [0.05, 0.1) is 0 Å². The molecule has 5 heteroatoms. The molecule has 2 rings (SSSR count). The molecule has 0 heterocycles. The van der Waals surface area contributed by atoms with Gasteiger partial charge in [-0.2, -0.15) is 0 Å². The first-order valence-corrected chi connectivity index (χ1v) is 6.40. The Bertz CT molecular complexity index is 746. The van der Waals surface area contributed by atoms with Crippen molar-refractivity contribution in [2.75, 3.05) is 0 Å². The highest BCUT2D eigenvalue weighted by molar-refractivity contribution is 6.04. The van der Waals surface area contributed by atoms with Gasteiger partial charge >= 0.3 is 0 Å². The summed E-state index contributed by atoms with van der Waals surface area (Å²) >= 11 is 0. The molecule has 0 bridgehead atoms. The zero-order chi connectivity index (χ0) is 16.1. The van der Waals surface area contributed by atoms with Gasteiger partial charge in [-0.15, -0.1) is 0 Å². The highest BCUT2D eigenvalue weighted by Crippen LogP contribution is 2.29. The number of hydrogen-bond donors (Lipinski definition) is 4. The summed E-state index contributed by atoms with van der Waals surface area (Å²) in [5.41, 5.74) is 0.615. The number of allylic oxidation sites excluding steroid dienone is 2. The Labute approximate surface area is 126 Å². The predicted molar refractivity (Wildman–Crippen MR) is 82.6 cm³/mol. The number of rotatable bonds is 4. The number of ketones is 1. The van der Waals surface area contributed by atoms with Gasteiger partial charge in [0.1, 0.15) is 11.5 Å². The van der Waals surface area contributed by atoms with Gasteiger partial charge in [-0.1, -0.05) is 12.1 Å². The topological polar surface area (TPSA) is 98.0 Å². The van der Waals surface area contributed by atoms with Gasteiger partial charge < -0.3 is 20.4 Å². The molecule has 0 saturated heterocycles. The lowest BCUT2D eigenvalue weighted by molar-refractivity contribution is -0.110. The molecule has 0 aliphatic heterocycles. The number of para-hydroxylation sites is 1. The zero-order valence-corrected chi connectivity index (χ0v) is 11.5. The van der Waals surface area contributed by atoms with Crippen LogP contribution in [-0.4, -0.2) is 26.2 Å². The fraction of sp³-hybridized carbons (Fsp3) is 0. The van der Waals surface area contributed by atoms with E-state index in [0.717, 1.165) is 0 Å². The second-order valence-electron chi connectivity index (χ2n) is 4.53. The molecule has 2 aromatic carbocycles. The van der Waals surface area contributed by atoms with Crippen molar-refractivity contribution in [2.24, 2.45) is 0 Å². The van der Waals surface area contributed by atoms with Crippen molar-refractivity contribution in [1.82, 2.24) is 0 Å². The number of aromatic hydroxyl groups is 4. The average Bonchev–Trinajstić information content (AvgIpc) is 2.49. The first-order valence-electron chi connectivity index (χ1n) is 6.40. The third-order valence-electron chi connectivity index (χ3n) is 2.91. The standard InChI is InChI=1S/C17H14O5/c18-13(6-4-11-2-1-3-16(21)17(11)22)7-5-12-10-14(19)8-9-15(12)20/h1-10,19-22H/b6-4+,7-5+. The van der Waals surface area contributed by atoms with Crippen LogP contribution in [0.5, 0.6) is 23.0 Å². The molecule has 0 unspecified atom stereocenters. The normalized spacial score (nSPS) is 11.3. The minimum atomic E-state index is -0.384. The summed E-state index contributed by atoms with van der Waals surface area (Å²) in [4.78, 5) is 11.7. The van der Waals surface area contributed by atoms with Crippen LogP contribution in [0.15, 0.2) is 48.6 Å². The smallest absolute Gasteiger partial charge is 0.178 e. The first-order chi connectivity index (χ1) is 10.5. The fourth-order valence-corrected chi connectivity index (χ4v) is 1.76. The lowest BCUT2D eigenvalue weighted by Gasteiger charge is -2.00. The Kier molecular flexibility index (Phi) is 4.48. The molecule has 0 saturated carbocycles. The molecule has 0 aliphatic carbocycles. The van der Waals surface area contributed by atoms with Crippen molar-refractivity contribution in [2.45, 2.75) is 0 Å². The number of carbonyl (C=O) groups is 1. The van der Waals surface area contributed by atoms with Gasteiger partial charge in [0.15, 0.2) is 17.3 Å². The van der Waals surface area contributed by atoms with E-state index in [9.17, 15) is 25.2 Å². The maximum Gasteiger partial charge on any atom is 0.178 e. The number of carbonyl (C=O) groups excluding carboxylic acids is 1. The highest BCUT2D eigenvalue weighted by atomic mass is 16.3. The zero-order valence-electron chi connectivity index (χ0n) is 11.5. The molecular formula is C17H14O5. The summed E-state index contributed by atoms with van der Waals surface area (Å²) in [7, 11) is 0. The van der Waals surface area contributed by atoms with Crippen molar-refractivity contribution in [3.05, 3.63) is 59.7 Å². The molecule has 0 aromatic heterocycles. The second-order valence-corrected chi connectivity index (χ2v) is 4.53. The van der Waals surface area contributed by atoms with Crippen LogP contribution in [0, 0.1) is 0 Å². The Balaban J connectivity index is 2.12. The van der Waals surface area contributed by atoms with Gasteiger partial charge in [0.25, 0.3) is 0 Å². The molecule has 0 spiro atoms. The molecule has 0 radical (unpaired) electrons. The summed E-state index contributed by atoms with van der Waals surface area (Å²) in [6.45, 7) is 0. The van der Waals surface area contributed by atoms with Gasteiger partial charge in [-0.25, -0.2) is 0 Å². The van der Waals surface area contributed by atoms with Crippen molar-refractivity contribution >= 4 is 17.9 Å². The predicted octanol–water partition coefficient (Wildman–Crippen LogP) is 2.80. The van der Waals surface area contributed by atoms with Crippen molar-refractivity contribution < 1.29 is 25.2 Å². The molecule has 5 nitrogen and oxygen atoms in total. The molecule has 0 amide bonds. The average molecular weight is 298 g/mol. The van der Waals surface area contributed by atoms with Crippen LogP contribution < -0.4 is 0 Å². The third kappa shape index (κ3) is 3.67. The summed E-state index contributed by atoms with van der Waals surface area (Å²) in [5, 5.41) is 37.8. The Hall–Kier alpha value is -3.21. The van der Waals surface area contributed by atoms with Crippen LogP contribution in [0.2, 0.25) is 0 Å². The SMILES string of the molecule is O=C(/C=C/c1cc(O)ccc1O)/C=C/c1cccc(O)c1O. The number of benzene rings is 2. The van der Waals surface area contributed by atoms with Crippen LogP contribution in [0.1, 0.15) is 11.1 Å². The minimum Gasteiger partial charge on any atom is -0.508 e. The Morgan fingerprint density at radius 3 is 2.23 bits per heavy atom. The molecule has 22 heavy (non-hydrogen) atoms. The minimum absolute atomic E-state index is 0.0230. The molecule has 112 valence electrons. The Morgan fingerprint density at radius 2 is 1.50 bits per heavy atom. The highest BCUT2D eigenvalue weighted by Gasteiger charge is 2.03. The van der Waals surface area contributed by atoms with E-state index >= 15 is 0 Å². The van der Waals surface area contributed by atoms with E-state index in [4.69, 9.17) is 0 Å². The van der Waals surface area contributed by atoms with E-state index in [-0.39, 0.29) is 28.8 Å². The van der Waals surface area contributed by atoms with E-state index in [1.807, 2.05) is 0 Å². The van der Waals surface area contributed by atoms with E-state index in [1.165, 1.54) is 48.6 Å². The second kappa shape index (κ2) is 6.49. The molecule has 0 aliphatic rings. The summed E-state index contributed by atoms with van der Waals surface area (Å²) in [5.74, 6) is -1.04. The van der Waals surface area contributed by atoms with Crippen LogP contribution in [0.3, 0.4) is 0 Å². The van der Waals surface area contributed by atoms with Crippen LogP contribution in [0.4, 0.5) is 0 Å². The molecular weight excluding hydrogens is 284 g/mol. The van der Waals surface area contributed by atoms with Gasteiger partial charge in [-0.3, -0.25) is 4.79 Å². The quantitative estimate of drug-likeness (QED) is 0.395. The van der Waals surface area contributed by atoms with Crippen LogP contribution in [-0.2, 0) is 4.79 Å². The molecule has 2 aromatic rings. The maximum atomic E-state index is 11.7. The lowest BCUT2D eigenvalue weighted by Crippen LogP contribution is -1.85. The summed E-state index contributed by atoms with van der Waals surface area (Å²) in [6.07, 6.45) is 5.16. The van der Waals surface area contributed by atoms with Gasteiger partial charge in [0, 0.05) is 11.1 Å². The van der Waals surface area contributed by atoms with Crippen molar-refractivity contribution in [1.29, 1.82) is 0 Å². The van der Waals surface area contributed by atoms with E-state index in [2.05, 4.69) is 0 Å². The molecule has 0 fully saturated rings. The monoisotopic (exact) mass is 298 g/mol. The number of phenolic OH excluding ortho intramolecular Hbond substituents is 4. The summed E-state index contributed by atoms with van der Waals surface area (Å²) < 4.78 is 0. The molecule has 4 N–H and O–H groups in total. The van der Waals surface area contributed by atoms with E-state index < -0.39 is 0 Å². The van der Waals surface area contributed by atoms with Crippen LogP contribution in [0.25, 0.3) is 12.2 Å². The summed E-state index contributed by atoms with van der Waals surface area (Å²) in [6, 6.07) is 8.39. The van der Waals surface area contributed by atoms with Gasteiger partial charge in [-0.05, 0) is 48.6 Å². The first kappa shape index (κ1) is 15.2. The Morgan fingerprint density at radius 1 is 0.818 bits per heavy atom. The van der Waals surface area contributed by atoms with Crippen molar-refractivity contribution in [3.63, 3.8) is 0 Å². The largest absolute Gasteiger partial charge is 0.508 e. The lowest BCUT2D eigenvalue weighted by atomic mass is 10.1. The fourth-order valence-electron chi connectivity index (χ4n) is 1.76. The van der Waals surface area contributed by atoms with Gasteiger partial charge in [0.2, 0.25) is 0 Å². The van der Waals surface area contributed by atoms with E-state index in [1.54, 1.807) is 12.1 Å². The van der Waals surface area contributed by atoms with Crippen molar-refractivity contribution in [3.8, 4) is 23.0 Å². The van der Waals surface area contributed by atoms with Crippen LogP contribution >= 0.6 is 0 Å².